The Kier molecular flexibility index (Phi) is 5.93. The van der Waals surface area contributed by atoms with Gasteiger partial charge in [0.2, 0.25) is 0 Å². The van der Waals surface area contributed by atoms with Crippen molar-refractivity contribution in [2.45, 2.75) is 6.04 Å². The van der Waals surface area contributed by atoms with Crippen molar-refractivity contribution in [2.75, 3.05) is 27.2 Å². The summed E-state index contributed by atoms with van der Waals surface area (Å²) in [4.78, 5) is 2.07. The van der Waals surface area contributed by atoms with Gasteiger partial charge in [-0.15, -0.1) is 0 Å². The van der Waals surface area contributed by atoms with Crippen LogP contribution in [0.4, 0.5) is 0 Å². The standard InChI is InChI=1S/C12H15BrClN3/c1-17(2)6-5-16-12(8-15)9-3-4-11(14)10(13)7-9/h3-4,7,12,16H,5-6H2,1-2H3. The summed E-state index contributed by atoms with van der Waals surface area (Å²) in [7, 11) is 4.00. The number of likely N-dealkylation sites (N-methyl/N-ethyl adjacent to an activating group) is 1. The molecule has 1 aromatic rings. The highest BCUT2D eigenvalue weighted by atomic mass is 79.9. The molecule has 3 nitrogen and oxygen atoms in total. The molecule has 0 saturated carbocycles. The van der Waals surface area contributed by atoms with Gasteiger partial charge in [-0.1, -0.05) is 17.7 Å². The fourth-order valence-electron chi connectivity index (χ4n) is 1.36. The lowest BCUT2D eigenvalue weighted by atomic mass is 10.1. The minimum atomic E-state index is -0.302. The van der Waals surface area contributed by atoms with Crippen LogP contribution in [0.5, 0.6) is 0 Å². The van der Waals surface area contributed by atoms with Crippen molar-refractivity contribution in [1.29, 1.82) is 5.26 Å². The van der Waals surface area contributed by atoms with Crippen LogP contribution < -0.4 is 5.32 Å². The summed E-state index contributed by atoms with van der Waals surface area (Å²) < 4.78 is 0.811. The smallest absolute Gasteiger partial charge is 0.121 e. The van der Waals surface area contributed by atoms with Gasteiger partial charge in [-0.3, -0.25) is 5.32 Å². The van der Waals surface area contributed by atoms with E-state index in [0.29, 0.717) is 5.02 Å². The summed E-state index contributed by atoms with van der Waals surface area (Å²) in [6.07, 6.45) is 0. The summed E-state index contributed by atoms with van der Waals surface area (Å²) >= 11 is 9.28. The normalized spacial score (nSPS) is 12.5. The van der Waals surface area contributed by atoms with Crippen LogP contribution in [0.1, 0.15) is 11.6 Å². The Labute approximate surface area is 115 Å². The lowest BCUT2D eigenvalue weighted by molar-refractivity contribution is 0.395. The Balaban J connectivity index is 2.67. The second-order valence-corrected chi connectivity index (χ2v) is 5.25. The Bertz CT molecular complexity index is 415. The van der Waals surface area contributed by atoms with Crippen molar-refractivity contribution in [1.82, 2.24) is 10.2 Å². The molecular weight excluding hydrogens is 302 g/mol. The van der Waals surface area contributed by atoms with Gasteiger partial charge in [0, 0.05) is 17.6 Å². The summed E-state index contributed by atoms with van der Waals surface area (Å²) in [5.74, 6) is 0. The average molecular weight is 317 g/mol. The minimum absolute atomic E-state index is 0.302. The highest BCUT2D eigenvalue weighted by Crippen LogP contribution is 2.25. The fourth-order valence-corrected chi connectivity index (χ4v) is 1.88. The first kappa shape index (κ1) is 14.5. The van der Waals surface area contributed by atoms with E-state index in [-0.39, 0.29) is 6.04 Å². The van der Waals surface area contributed by atoms with Crippen LogP contribution in [0, 0.1) is 11.3 Å². The van der Waals surface area contributed by atoms with Crippen LogP contribution in [-0.2, 0) is 0 Å². The van der Waals surface area contributed by atoms with Crippen LogP contribution in [-0.4, -0.2) is 32.1 Å². The predicted octanol–water partition coefficient (Wildman–Crippen LogP) is 2.82. The molecule has 0 radical (unpaired) electrons. The van der Waals surface area contributed by atoms with Crippen molar-refractivity contribution in [2.24, 2.45) is 0 Å². The number of nitriles is 1. The molecule has 1 rings (SSSR count). The van der Waals surface area contributed by atoms with E-state index < -0.39 is 0 Å². The number of halogens is 2. The van der Waals surface area contributed by atoms with Gasteiger partial charge in [0.1, 0.15) is 6.04 Å². The van der Waals surface area contributed by atoms with Gasteiger partial charge in [0.05, 0.1) is 11.1 Å². The van der Waals surface area contributed by atoms with Crippen LogP contribution in [0.2, 0.25) is 5.02 Å². The van der Waals surface area contributed by atoms with E-state index in [0.717, 1.165) is 23.1 Å². The molecule has 0 heterocycles. The quantitative estimate of drug-likeness (QED) is 0.908. The molecule has 1 unspecified atom stereocenters. The van der Waals surface area contributed by atoms with E-state index >= 15 is 0 Å². The van der Waals surface area contributed by atoms with Gasteiger partial charge < -0.3 is 4.90 Å². The number of hydrogen-bond donors (Lipinski definition) is 1. The third kappa shape index (κ3) is 4.64. The topological polar surface area (TPSA) is 39.1 Å². The molecule has 0 amide bonds. The molecule has 5 heteroatoms. The molecule has 0 aliphatic rings. The van der Waals surface area contributed by atoms with Gasteiger partial charge in [0.25, 0.3) is 0 Å². The van der Waals surface area contributed by atoms with E-state index in [1.54, 1.807) is 6.07 Å². The van der Waals surface area contributed by atoms with Gasteiger partial charge >= 0.3 is 0 Å². The molecule has 1 aromatic carbocycles. The highest BCUT2D eigenvalue weighted by molar-refractivity contribution is 9.10. The maximum Gasteiger partial charge on any atom is 0.121 e. The monoisotopic (exact) mass is 315 g/mol. The van der Waals surface area contributed by atoms with Crippen molar-refractivity contribution < 1.29 is 0 Å². The van der Waals surface area contributed by atoms with Crippen molar-refractivity contribution >= 4 is 27.5 Å². The maximum absolute atomic E-state index is 9.13. The van der Waals surface area contributed by atoms with E-state index in [1.165, 1.54) is 0 Å². The zero-order valence-electron chi connectivity index (χ0n) is 9.87. The average Bonchev–Trinajstić information content (AvgIpc) is 2.28. The largest absolute Gasteiger partial charge is 0.308 e. The zero-order chi connectivity index (χ0) is 12.8. The molecule has 0 aromatic heterocycles. The molecule has 0 spiro atoms. The number of rotatable bonds is 5. The second kappa shape index (κ2) is 6.97. The summed E-state index contributed by atoms with van der Waals surface area (Å²) in [5, 5.41) is 13.0. The van der Waals surface area contributed by atoms with E-state index in [1.807, 2.05) is 26.2 Å². The molecule has 0 fully saturated rings. The molecule has 92 valence electrons. The number of benzene rings is 1. The Morgan fingerprint density at radius 2 is 2.24 bits per heavy atom. The number of nitrogens with zero attached hydrogens (tertiary/aromatic N) is 2. The van der Waals surface area contributed by atoms with E-state index in [9.17, 15) is 0 Å². The molecule has 0 saturated heterocycles. The summed E-state index contributed by atoms with van der Waals surface area (Å²) in [6.45, 7) is 1.67. The van der Waals surface area contributed by atoms with E-state index in [4.69, 9.17) is 16.9 Å². The first-order valence-corrected chi connectivity index (χ1v) is 6.44. The van der Waals surface area contributed by atoms with Gasteiger partial charge in [-0.05, 0) is 47.7 Å². The second-order valence-electron chi connectivity index (χ2n) is 3.99. The van der Waals surface area contributed by atoms with Gasteiger partial charge in [-0.25, -0.2) is 0 Å². The van der Waals surface area contributed by atoms with Crippen LogP contribution in [0.25, 0.3) is 0 Å². The summed E-state index contributed by atoms with van der Waals surface area (Å²) in [6, 6.07) is 7.47. The van der Waals surface area contributed by atoms with Crippen molar-refractivity contribution in [3.05, 3.63) is 33.3 Å². The fraction of sp³-hybridized carbons (Fsp3) is 0.417. The molecule has 1 atom stereocenters. The van der Waals surface area contributed by atoms with Crippen LogP contribution in [0.15, 0.2) is 22.7 Å². The van der Waals surface area contributed by atoms with Crippen LogP contribution >= 0.6 is 27.5 Å². The zero-order valence-corrected chi connectivity index (χ0v) is 12.2. The minimum Gasteiger partial charge on any atom is -0.308 e. The predicted molar refractivity (Wildman–Crippen MR) is 74.1 cm³/mol. The summed E-state index contributed by atoms with van der Waals surface area (Å²) in [5.41, 5.74) is 0.919. The number of nitrogens with one attached hydrogen (secondary N) is 1. The lowest BCUT2D eigenvalue weighted by Crippen LogP contribution is -2.29. The number of hydrogen-bond acceptors (Lipinski definition) is 3. The Hall–Kier alpha value is -0.600. The lowest BCUT2D eigenvalue weighted by Gasteiger charge is -2.15. The molecular formula is C12H15BrClN3. The SMILES string of the molecule is CN(C)CCNC(C#N)c1ccc(Cl)c(Br)c1. The molecule has 0 aliphatic carbocycles. The van der Waals surface area contributed by atoms with Gasteiger partial charge in [0.15, 0.2) is 0 Å². The highest BCUT2D eigenvalue weighted by Gasteiger charge is 2.10. The van der Waals surface area contributed by atoms with Crippen molar-refractivity contribution in [3.8, 4) is 6.07 Å². The molecule has 0 aliphatic heterocycles. The first-order valence-electron chi connectivity index (χ1n) is 5.27. The Morgan fingerprint density at radius 3 is 2.76 bits per heavy atom. The third-order valence-corrected chi connectivity index (χ3v) is 3.53. The van der Waals surface area contributed by atoms with Gasteiger partial charge in [-0.2, -0.15) is 5.26 Å². The van der Waals surface area contributed by atoms with Crippen molar-refractivity contribution in [3.63, 3.8) is 0 Å². The Morgan fingerprint density at radius 1 is 1.53 bits per heavy atom. The maximum atomic E-state index is 9.13. The first-order chi connectivity index (χ1) is 8.04. The molecule has 17 heavy (non-hydrogen) atoms. The molecule has 0 bridgehead atoms. The van der Waals surface area contributed by atoms with E-state index in [2.05, 4.69) is 32.2 Å². The molecule has 1 N–H and O–H groups in total. The van der Waals surface area contributed by atoms with Crippen LogP contribution in [0.3, 0.4) is 0 Å². The third-order valence-electron chi connectivity index (χ3n) is 2.31.